The maximum absolute atomic E-state index is 8.33. The molecule has 0 aromatic heterocycles. The highest BCUT2D eigenvalue weighted by atomic mass is 15.2. The zero-order valence-corrected chi connectivity index (χ0v) is 10.7. The van der Waals surface area contributed by atoms with E-state index < -0.39 is 0 Å². The highest BCUT2D eigenvalue weighted by Crippen LogP contribution is 2.13. The molecular formula is C14H21N3. The van der Waals surface area contributed by atoms with Crippen LogP contribution < -0.4 is 0 Å². The SMILES string of the molecule is CC1CN(C)CCCN1C(=N)c1ccccc1. The van der Waals surface area contributed by atoms with E-state index in [1.165, 1.54) is 0 Å². The van der Waals surface area contributed by atoms with Crippen LogP contribution in [0.2, 0.25) is 0 Å². The van der Waals surface area contributed by atoms with Gasteiger partial charge in [-0.25, -0.2) is 0 Å². The van der Waals surface area contributed by atoms with E-state index in [4.69, 9.17) is 5.41 Å². The van der Waals surface area contributed by atoms with Crippen LogP contribution in [0.1, 0.15) is 18.9 Å². The number of hydrogen-bond acceptors (Lipinski definition) is 2. The molecule has 92 valence electrons. The van der Waals surface area contributed by atoms with Crippen LogP contribution in [-0.4, -0.2) is 48.4 Å². The lowest BCUT2D eigenvalue weighted by molar-refractivity contribution is 0.285. The van der Waals surface area contributed by atoms with E-state index >= 15 is 0 Å². The molecular weight excluding hydrogens is 210 g/mol. The van der Waals surface area contributed by atoms with E-state index in [2.05, 4.69) is 23.8 Å². The third-order valence-electron chi connectivity index (χ3n) is 3.38. The van der Waals surface area contributed by atoms with Gasteiger partial charge in [-0.3, -0.25) is 5.41 Å². The fourth-order valence-corrected chi connectivity index (χ4v) is 2.47. The largest absolute Gasteiger partial charge is 0.353 e. The first kappa shape index (κ1) is 12.1. The summed E-state index contributed by atoms with van der Waals surface area (Å²) in [7, 11) is 2.16. The Hall–Kier alpha value is -1.35. The number of nitrogens with zero attached hydrogens (tertiary/aromatic N) is 2. The van der Waals surface area contributed by atoms with Crippen molar-refractivity contribution in [1.29, 1.82) is 5.41 Å². The molecule has 1 saturated heterocycles. The lowest BCUT2D eigenvalue weighted by Crippen LogP contribution is -2.41. The summed E-state index contributed by atoms with van der Waals surface area (Å²) >= 11 is 0. The first-order valence-electron chi connectivity index (χ1n) is 6.27. The Morgan fingerprint density at radius 3 is 2.65 bits per heavy atom. The number of hydrogen-bond donors (Lipinski definition) is 1. The Balaban J connectivity index is 2.13. The molecule has 1 aliphatic rings. The summed E-state index contributed by atoms with van der Waals surface area (Å²) in [5.41, 5.74) is 1.02. The summed E-state index contributed by atoms with van der Waals surface area (Å²) < 4.78 is 0. The van der Waals surface area contributed by atoms with Gasteiger partial charge in [0.05, 0.1) is 0 Å². The summed E-state index contributed by atoms with van der Waals surface area (Å²) in [5, 5.41) is 8.33. The van der Waals surface area contributed by atoms with Gasteiger partial charge in [0.15, 0.2) is 0 Å². The number of benzene rings is 1. The van der Waals surface area contributed by atoms with Crippen LogP contribution in [-0.2, 0) is 0 Å². The minimum atomic E-state index is 0.412. The molecule has 1 aliphatic heterocycles. The number of rotatable bonds is 1. The molecule has 0 aliphatic carbocycles. The molecule has 0 saturated carbocycles. The third-order valence-corrected chi connectivity index (χ3v) is 3.38. The van der Waals surface area contributed by atoms with Gasteiger partial charge >= 0.3 is 0 Å². The normalized spacial score (nSPS) is 22.2. The quantitative estimate of drug-likeness (QED) is 0.592. The van der Waals surface area contributed by atoms with Crippen molar-refractivity contribution in [2.24, 2.45) is 0 Å². The van der Waals surface area contributed by atoms with Gasteiger partial charge in [-0.2, -0.15) is 0 Å². The summed E-state index contributed by atoms with van der Waals surface area (Å²) in [6.45, 7) is 5.36. The van der Waals surface area contributed by atoms with Crippen molar-refractivity contribution in [2.75, 3.05) is 26.7 Å². The van der Waals surface area contributed by atoms with Crippen LogP contribution in [0.4, 0.5) is 0 Å². The fraction of sp³-hybridized carbons (Fsp3) is 0.500. The second-order valence-electron chi connectivity index (χ2n) is 4.87. The van der Waals surface area contributed by atoms with Crippen LogP contribution >= 0.6 is 0 Å². The minimum absolute atomic E-state index is 0.412. The predicted molar refractivity (Wildman–Crippen MR) is 71.6 cm³/mol. The van der Waals surface area contributed by atoms with Gasteiger partial charge in [0.1, 0.15) is 5.84 Å². The zero-order valence-electron chi connectivity index (χ0n) is 10.7. The molecule has 1 unspecified atom stereocenters. The first-order chi connectivity index (χ1) is 8.18. The second-order valence-corrected chi connectivity index (χ2v) is 4.87. The van der Waals surface area contributed by atoms with E-state index in [9.17, 15) is 0 Å². The molecule has 1 atom stereocenters. The van der Waals surface area contributed by atoms with E-state index in [1.807, 2.05) is 30.3 Å². The maximum Gasteiger partial charge on any atom is 0.128 e. The van der Waals surface area contributed by atoms with Gasteiger partial charge in [0.2, 0.25) is 0 Å². The molecule has 1 fully saturated rings. The molecule has 0 radical (unpaired) electrons. The average molecular weight is 231 g/mol. The fourth-order valence-electron chi connectivity index (χ4n) is 2.47. The summed E-state index contributed by atoms with van der Waals surface area (Å²) in [4.78, 5) is 4.57. The average Bonchev–Trinajstić information content (AvgIpc) is 2.50. The predicted octanol–water partition coefficient (Wildman–Crippen LogP) is 2.04. The summed E-state index contributed by atoms with van der Waals surface area (Å²) in [5.74, 6) is 0.661. The monoisotopic (exact) mass is 231 g/mol. The molecule has 2 rings (SSSR count). The molecule has 0 bridgehead atoms. The molecule has 3 nitrogen and oxygen atoms in total. The van der Waals surface area contributed by atoms with Crippen LogP contribution in [0.5, 0.6) is 0 Å². The minimum Gasteiger partial charge on any atom is -0.353 e. The molecule has 0 spiro atoms. The molecule has 17 heavy (non-hydrogen) atoms. The Kier molecular flexibility index (Phi) is 3.79. The van der Waals surface area contributed by atoms with Crippen LogP contribution in [0.25, 0.3) is 0 Å². The van der Waals surface area contributed by atoms with Gasteiger partial charge in [0.25, 0.3) is 0 Å². The van der Waals surface area contributed by atoms with Crippen molar-refractivity contribution < 1.29 is 0 Å². The second kappa shape index (κ2) is 5.32. The van der Waals surface area contributed by atoms with Crippen molar-refractivity contribution in [3.05, 3.63) is 35.9 Å². The van der Waals surface area contributed by atoms with E-state index in [0.717, 1.165) is 31.6 Å². The van der Waals surface area contributed by atoms with Gasteiger partial charge < -0.3 is 9.80 Å². The van der Waals surface area contributed by atoms with Crippen molar-refractivity contribution in [2.45, 2.75) is 19.4 Å². The smallest absolute Gasteiger partial charge is 0.128 e. The maximum atomic E-state index is 8.33. The molecule has 1 N–H and O–H groups in total. The van der Waals surface area contributed by atoms with Gasteiger partial charge in [-0.15, -0.1) is 0 Å². The number of amidine groups is 1. The van der Waals surface area contributed by atoms with E-state index in [0.29, 0.717) is 11.9 Å². The highest BCUT2D eigenvalue weighted by Gasteiger charge is 2.22. The van der Waals surface area contributed by atoms with Crippen molar-refractivity contribution >= 4 is 5.84 Å². The topological polar surface area (TPSA) is 30.3 Å². The molecule has 1 heterocycles. The Morgan fingerprint density at radius 2 is 1.94 bits per heavy atom. The van der Waals surface area contributed by atoms with Gasteiger partial charge in [-0.1, -0.05) is 30.3 Å². The molecule has 1 aromatic carbocycles. The van der Waals surface area contributed by atoms with Crippen molar-refractivity contribution in [1.82, 2.24) is 9.80 Å². The van der Waals surface area contributed by atoms with Crippen molar-refractivity contribution in [3.63, 3.8) is 0 Å². The molecule has 1 aromatic rings. The number of nitrogens with one attached hydrogen (secondary N) is 1. The summed E-state index contributed by atoms with van der Waals surface area (Å²) in [6, 6.07) is 10.4. The number of likely N-dealkylation sites (N-methyl/N-ethyl adjacent to an activating group) is 1. The van der Waals surface area contributed by atoms with Crippen LogP contribution in [0.3, 0.4) is 0 Å². The Morgan fingerprint density at radius 1 is 1.24 bits per heavy atom. The lowest BCUT2D eigenvalue weighted by atomic mass is 10.1. The third kappa shape index (κ3) is 2.86. The molecule has 3 heteroatoms. The van der Waals surface area contributed by atoms with Gasteiger partial charge in [-0.05, 0) is 26.9 Å². The highest BCUT2D eigenvalue weighted by molar-refractivity contribution is 5.96. The Bertz CT molecular complexity index is 374. The van der Waals surface area contributed by atoms with E-state index in [-0.39, 0.29) is 0 Å². The zero-order chi connectivity index (χ0) is 12.3. The van der Waals surface area contributed by atoms with Crippen molar-refractivity contribution in [3.8, 4) is 0 Å². The first-order valence-corrected chi connectivity index (χ1v) is 6.27. The molecule has 0 amide bonds. The van der Waals surface area contributed by atoms with Crippen LogP contribution in [0.15, 0.2) is 30.3 Å². The Labute approximate surface area is 104 Å². The lowest BCUT2D eigenvalue weighted by Gasteiger charge is -2.30. The standard InChI is InChI=1S/C14H21N3/c1-12-11-16(2)9-6-10-17(12)14(15)13-7-4-3-5-8-13/h3-5,7-8,12,15H,6,9-11H2,1-2H3. The van der Waals surface area contributed by atoms with Gasteiger partial charge in [0, 0.05) is 24.7 Å². The summed E-state index contributed by atoms with van der Waals surface area (Å²) in [6.07, 6.45) is 1.13. The van der Waals surface area contributed by atoms with E-state index in [1.54, 1.807) is 0 Å². The van der Waals surface area contributed by atoms with Crippen LogP contribution in [0, 0.1) is 5.41 Å².